The SMILES string of the molecule is Cc1cnn(C2CCN(C(=O)c3oc4ccccc4c3Cl)C2)c1. The van der Waals surface area contributed by atoms with Crippen LogP contribution in [0.15, 0.2) is 41.1 Å². The van der Waals surface area contributed by atoms with E-state index in [0.29, 0.717) is 23.7 Å². The third-order valence-electron chi connectivity index (χ3n) is 4.28. The normalized spacial score (nSPS) is 18.0. The zero-order chi connectivity index (χ0) is 16.0. The zero-order valence-electron chi connectivity index (χ0n) is 12.7. The molecular weight excluding hydrogens is 314 g/mol. The number of carbonyl (C=O) groups excluding carboxylic acids is 1. The Morgan fingerprint density at radius 3 is 2.96 bits per heavy atom. The van der Waals surface area contributed by atoms with Crippen LogP contribution < -0.4 is 0 Å². The van der Waals surface area contributed by atoms with E-state index in [4.69, 9.17) is 16.0 Å². The van der Waals surface area contributed by atoms with Gasteiger partial charge in [-0.1, -0.05) is 23.7 Å². The van der Waals surface area contributed by atoms with Gasteiger partial charge in [-0.15, -0.1) is 0 Å². The molecule has 1 amide bonds. The Kier molecular flexibility index (Phi) is 3.38. The lowest BCUT2D eigenvalue weighted by atomic mass is 10.2. The Morgan fingerprint density at radius 2 is 2.22 bits per heavy atom. The van der Waals surface area contributed by atoms with Gasteiger partial charge in [0.15, 0.2) is 0 Å². The van der Waals surface area contributed by atoms with Crippen molar-refractivity contribution in [2.75, 3.05) is 13.1 Å². The van der Waals surface area contributed by atoms with E-state index >= 15 is 0 Å². The summed E-state index contributed by atoms with van der Waals surface area (Å²) in [5, 5.41) is 5.51. The molecular formula is C17H16ClN3O2. The van der Waals surface area contributed by atoms with Crippen LogP contribution >= 0.6 is 11.6 Å². The van der Waals surface area contributed by atoms with E-state index in [9.17, 15) is 4.79 Å². The molecule has 0 N–H and O–H groups in total. The lowest BCUT2D eigenvalue weighted by molar-refractivity contribution is 0.0758. The minimum atomic E-state index is -0.155. The van der Waals surface area contributed by atoms with E-state index in [2.05, 4.69) is 5.10 Å². The Balaban J connectivity index is 1.58. The summed E-state index contributed by atoms with van der Waals surface area (Å²) in [6.45, 7) is 3.30. The van der Waals surface area contributed by atoms with Gasteiger partial charge in [0.2, 0.25) is 5.76 Å². The molecule has 0 spiro atoms. The highest BCUT2D eigenvalue weighted by atomic mass is 35.5. The van der Waals surface area contributed by atoms with E-state index in [-0.39, 0.29) is 17.7 Å². The zero-order valence-corrected chi connectivity index (χ0v) is 13.5. The molecule has 118 valence electrons. The maximum absolute atomic E-state index is 12.7. The van der Waals surface area contributed by atoms with Gasteiger partial charge in [0.25, 0.3) is 5.91 Å². The van der Waals surface area contributed by atoms with Crippen molar-refractivity contribution in [2.24, 2.45) is 0 Å². The van der Waals surface area contributed by atoms with Crippen molar-refractivity contribution in [2.45, 2.75) is 19.4 Å². The molecule has 1 aromatic carbocycles. The average molecular weight is 330 g/mol. The van der Waals surface area contributed by atoms with Crippen molar-refractivity contribution in [3.63, 3.8) is 0 Å². The predicted molar refractivity (Wildman–Crippen MR) is 87.7 cm³/mol. The van der Waals surface area contributed by atoms with Gasteiger partial charge < -0.3 is 9.32 Å². The molecule has 0 aliphatic carbocycles. The van der Waals surface area contributed by atoms with Gasteiger partial charge in [-0.05, 0) is 31.0 Å². The van der Waals surface area contributed by atoms with Crippen LogP contribution in [0.5, 0.6) is 0 Å². The van der Waals surface area contributed by atoms with Crippen LogP contribution in [0.25, 0.3) is 11.0 Å². The summed E-state index contributed by atoms with van der Waals surface area (Å²) in [4.78, 5) is 14.5. The number of carbonyl (C=O) groups is 1. The monoisotopic (exact) mass is 329 g/mol. The van der Waals surface area contributed by atoms with Gasteiger partial charge >= 0.3 is 0 Å². The second kappa shape index (κ2) is 5.42. The van der Waals surface area contributed by atoms with Gasteiger partial charge in [-0.25, -0.2) is 0 Å². The molecule has 1 fully saturated rings. The molecule has 2 aromatic heterocycles. The van der Waals surface area contributed by atoms with Crippen LogP contribution in [0.2, 0.25) is 5.02 Å². The Hall–Kier alpha value is -2.27. The van der Waals surface area contributed by atoms with Crippen molar-refractivity contribution >= 4 is 28.5 Å². The number of likely N-dealkylation sites (tertiary alicyclic amines) is 1. The van der Waals surface area contributed by atoms with Crippen molar-refractivity contribution in [1.82, 2.24) is 14.7 Å². The lowest BCUT2D eigenvalue weighted by Crippen LogP contribution is -2.29. The maximum atomic E-state index is 12.7. The van der Waals surface area contributed by atoms with Crippen LogP contribution in [0, 0.1) is 6.92 Å². The van der Waals surface area contributed by atoms with Crippen LogP contribution in [-0.2, 0) is 0 Å². The molecule has 0 saturated carbocycles. The number of para-hydroxylation sites is 1. The number of hydrogen-bond acceptors (Lipinski definition) is 3. The van der Waals surface area contributed by atoms with Gasteiger partial charge in [-0.3, -0.25) is 9.48 Å². The topological polar surface area (TPSA) is 51.3 Å². The number of aromatic nitrogens is 2. The summed E-state index contributed by atoms with van der Waals surface area (Å²) in [6.07, 6.45) is 4.72. The molecule has 5 nitrogen and oxygen atoms in total. The van der Waals surface area contributed by atoms with E-state index in [0.717, 1.165) is 17.4 Å². The second-order valence-corrected chi connectivity index (χ2v) is 6.31. The fraction of sp³-hybridized carbons (Fsp3) is 0.294. The summed E-state index contributed by atoms with van der Waals surface area (Å²) >= 11 is 6.33. The molecule has 1 saturated heterocycles. The quantitative estimate of drug-likeness (QED) is 0.720. The molecule has 1 unspecified atom stereocenters. The first-order valence-corrected chi connectivity index (χ1v) is 7.98. The summed E-state index contributed by atoms with van der Waals surface area (Å²) in [5.41, 5.74) is 1.76. The average Bonchev–Trinajstić information content (AvgIpc) is 3.26. The first-order valence-electron chi connectivity index (χ1n) is 7.60. The van der Waals surface area contributed by atoms with Crippen molar-refractivity contribution in [3.8, 4) is 0 Å². The van der Waals surface area contributed by atoms with Crippen LogP contribution in [0.4, 0.5) is 0 Å². The van der Waals surface area contributed by atoms with Crippen molar-refractivity contribution in [1.29, 1.82) is 0 Å². The lowest BCUT2D eigenvalue weighted by Gasteiger charge is -2.15. The number of amides is 1. The van der Waals surface area contributed by atoms with Crippen molar-refractivity contribution in [3.05, 3.63) is 53.0 Å². The van der Waals surface area contributed by atoms with Gasteiger partial charge in [-0.2, -0.15) is 5.10 Å². The highest BCUT2D eigenvalue weighted by Gasteiger charge is 2.31. The molecule has 3 heterocycles. The molecule has 0 radical (unpaired) electrons. The third-order valence-corrected chi connectivity index (χ3v) is 4.66. The van der Waals surface area contributed by atoms with Crippen LogP contribution in [0.1, 0.15) is 28.6 Å². The second-order valence-electron chi connectivity index (χ2n) is 5.93. The Bertz CT molecular complexity index is 883. The molecule has 1 aliphatic heterocycles. The number of benzene rings is 1. The molecule has 0 bridgehead atoms. The largest absolute Gasteiger partial charge is 0.449 e. The highest BCUT2D eigenvalue weighted by Crippen LogP contribution is 2.32. The van der Waals surface area contributed by atoms with Crippen LogP contribution in [-0.4, -0.2) is 33.7 Å². The summed E-state index contributed by atoms with van der Waals surface area (Å²) < 4.78 is 7.61. The molecule has 4 rings (SSSR count). The number of rotatable bonds is 2. The van der Waals surface area contributed by atoms with E-state index in [1.165, 1.54) is 0 Å². The summed E-state index contributed by atoms with van der Waals surface area (Å²) in [5.74, 6) is 0.0720. The first-order chi connectivity index (χ1) is 11.1. The summed E-state index contributed by atoms with van der Waals surface area (Å²) in [7, 11) is 0. The van der Waals surface area contributed by atoms with Gasteiger partial charge in [0.1, 0.15) is 5.58 Å². The molecule has 1 aliphatic rings. The first kappa shape index (κ1) is 14.3. The number of nitrogens with zero attached hydrogens (tertiary/aromatic N) is 3. The minimum Gasteiger partial charge on any atom is -0.449 e. The van der Waals surface area contributed by atoms with Crippen LogP contribution in [0.3, 0.4) is 0 Å². The highest BCUT2D eigenvalue weighted by molar-refractivity contribution is 6.38. The number of aryl methyl sites for hydroxylation is 1. The standard InChI is InChI=1S/C17H16ClN3O2/c1-11-8-19-21(9-11)12-6-7-20(10-12)17(22)16-15(18)13-4-2-3-5-14(13)23-16/h2-5,8-9,12H,6-7,10H2,1H3. The maximum Gasteiger partial charge on any atom is 0.291 e. The molecule has 23 heavy (non-hydrogen) atoms. The Labute approximate surface area is 138 Å². The third kappa shape index (κ3) is 2.41. The smallest absolute Gasteiger partial charge is 0.291 e. The van der Waals surface area contributed by atoms with E-state index in [1.54, 1.807) is 4.90 Å². The Morgan fingerprint density at radius 1 is 1.39 bits per heavy atom. The van der Waals surface area contributed by atoms with Gasteiger partial charge in [0.05, 0.1) is 17.3 Å². The number of furan rings is 1. The van der Waals surface area contributed by atoms with Crippen molar-refractivity contribution < 1.29 is 9.21 Å². The molecule has 1 atom stereocenters. The van der Waals surface area contributed by atoms with E-state index in [1.807, 2.05) is 48.3 Å². The molecule has 6 heteroatoms. The fourth-order valence-corrected chi connectivity index (χ4v) is 3.35. The van der Waals surface area contributed by atoms with Gasteiger partial charge in [0, 0.05) is 24.7 Å². The van der Waals surface area contributed by atoms with E-state index < -0.39 is 0 Å². The number of halogens is 1. The predicted octanol–water partition coefficient (Wildman–Crippen LogP) is 3.68. The fourth-order valence-electron chi connectivity index (χ4n) is 3.07. The molecule has 3 aromatic rings. The minimum absolute atomic E-state index is 0.155. The summed E-state index contributed by atoms with van der Waals surface area (Å²) in [6, 6.07) is 7.62. The number of fused-ring (bicyclic) bond motifs is 1. The number of hydrogen-bond donors (Lipinski definition) is 0.